The molecule has 0 unspecified atom stereocenters. The van der Waals surface area contributed by atoms with E-state index in [9.17, 15) is 9.59 Å². The molecule has 1 saturated carbocycles. The normalized spacial score (nSPS) is 35.4. The first kappa shape index (κ1) is 10.7. The fourth-order valence-corrected chi connectivity index (χ4v) is 2.43. The number of methoxy groups -OCH3 is 1. The predicted molar refractivity (Wildman–Crippen MR) is 59.2 cm³/mol. The number of hydrogen-bond acceptors (Lipinski definition) is 4. The van der Waals surface area contributed by atoms with Crippen molar-refractivity contribution in [3.63, 3.8) is 0 Å². The summed E-state index contributed by atoms with van der Waals surface area (Å²) in [6, 6.07) is 0. The first-order valence-corrected chi connectivity index (χ1v) is 5.80. The molecule has 0 spiro atoms. The lowest BCUT2D eigenvalue weighted by Gasteiger charge is -2.29. The maximum absolute atomic E-state index is 12.1. The van der Waals surface area contributed by atoms with E-state index in [1.807, 2.05) is 6.92 Å². The van der Waals surface area contributed by atoms with E-state index in [0.717, 1.165) is 12.8 Å². The summed E-state index contributed by atoms with van der Waals surface area (Å²) in [6.07, 6.45) is 4.52. The molecule has 0 aromatic carbocycles. The van der Waals surface area contributed by atoms with Crippen molar-refractivity contribution in [2.24, 2.45) is 5.92 Å². The van der Waals surface area contributed by atoms with E-state index in [1.165, 1.54) is 7.11 Å². The molecule has 1 aliphatic carbocycles. The number of ketones is 2. The first-order valence-electron chi connectivity index (χ1n) is 5.80. The highest BCUT2D eigenvalue weighted by Crippen LogP contribution is 2.43. The second-order valence-corrected chi connectivity index (χ2v) is 4.94. The van der Waals surface area contributed by atoms with Crippen LogP contribution in [0.25, 0.3) is 0 Å². The van der Waals surface area contributed by atoms with Crippen LogP contribution in [0.4, 0.5) is 0 Å². The van der Waals surface area contributed by atoms with Crippen molar-refractivity contribution < 1.29 is 19.1 Å². The number of Topliss-reactive ketones (excluding diaryl/α,β-unsaturated/α-hetero) is 2. The number of carbonyl (C=O) groups is 2. The third kappa shape index (κ3) is 1.47. The molecule has 2 aliphatic heterocycles. The van der Waals surface area contributed by atoms with Gasteiger partial charge in [0.2, 0.25) is 5.78 Å². The highest BCUT2D eigenvalue weighted by molar-refractivity contribution is 6.07. The van der Waals surface area contributed by atoms with Crippen molar-refractivity contribution in [1.82, 2.24) is 0 Å². The molecule has 0 amide bonds. The molecule has 0 saturated heterocycles. The molecule has 4 nitrogen and oxygen atoms in total. The third-order valence-corrected chi connectivity index (χ3v) is 3.57. The zero-order valence-electron chi connectivity index (χ0n) is 9.86. The Labute approximate surface area is 99.3 Å². The van der Waals surface area contributed by atoms with Gasteiger partial charge >= 0.3 is 0 Å². The van der Waals surface area contributed by atoms with Crippen LogP contribution >= 0.6 is 0 Å². The van der Waals surface area contributed by atoms with Crippen LogP contribution in [-0.2, 0) is 19.1 Å². The minimum atomic E-state index is -0.788. The lowest BCUT2D eigenvalue weighted by molar-refractivity contribution is -0.134. The molecule has 2 atom stereocenters. The summed E-state index contributed by atoms with van der Waals surface area (Å²) in [4.78, 5) is 24.0. The molecule has 0 radical (unpaired) electrons. The van der Waals surface area contributed by atoms with Crippen LogP contribution in [0.2, 0.25) is 0 Å². The van der Waals surface area contributed by atoms with Crippen molar-refractivity contribution in [2.45, 2.75) is 31.5 Å². The SMILES string of the molecule is COC1=C[C@]2(C)O[C@@H](C=C2C(=O)C2CC2)C1=O. The monoisotopic (exact) mass is 234 g/mol. The lowest BCUT2D eigenvalue weighted by Crippen LogP contribution is -2.38. The first-order chi connectivity index (χ1) is 8.05. The standard InChI is InChI=1S/C13H14O4/c1-13-6-10(16-2)12(15)9(17-13)5-8(13)11(14)7-3-4-7/h5-7,9H,3-4H2,1-2H3/t9-,13-/m0/s1. The largest absolute Gasteiger partial charge is 0.493 e. The summed E-state index contributed by atoms with van der Waals surface area (Å²) in [7, 11) is 1.46. The molecule has 1 fully saturated rings. The van der Waals surface area contributed by atoms with Gasteiger partial charge in [-0.1, -0.05) is 0 Å². The third-order valence-electron chi connectivity index (χ3n) is 3.57. The quantitative estimate of drug-likeness (QED) is 0.735. The Morgan fingerprint density at radius 2 is 2.24 bits per heavy atom. The molecule has 3 rings (SSSR count). The van der Waals surface area contributed by atoms with Crippen LogP contribution < -0.4 is 0 Å². The summed E-state index contributed by atoms with van der Waals surface area (Å²) < 4.78 is 10.7. The minimum Gasteiger partial charge on any atom is -0.493 e. The van der Waals surface area contributed by atoms with E-state index in [4.69, 9.17) is 9.47 Å². The zero-order chi connectivity index (χ0) is 12.2. The summed E-state index contributed by atoms with van der Waals surface area (Å²) in [5.41, 5.74) is -0.172. The molecule has 90 valence electrons. The topological polar surface area (TPSA) is 52.6 Å². The number of ether oxygens (including phenoxy) is 2. The van der Waals surface area contributed by atoms with Gasteiger partial charge < -0.3 is 9.47 Å². The number of carbonyl (C=O) groups excluding carboxylic acids is 2. The fourth-order valence-electron chi connectivity index (χ4n) is 2.43. The van der Waals surface area contributed by atoms with E-state index < -0.39 is 11.7 Å². The van der Waals surface area contributed by atoms with Gasteiger partial charge in [0.1, 0.15) is 11.7 Å². The molecule has 17 heavy (non-hydrogen) atoms. The molecule has 2 bridgehead atoms. The van der Waals surface area contributed by atoms with E-state index >= 15 is 0 Å². The summed E-state index contributed by atoms with van der Waals surface area (Å²) in [5.74, 6) is 0.342. The second-order valence-electron chi connectivity index (χ2n) is 4.94. The van der Waals surface area contributed by atoms with Gasteiger partial charge in [-0.15, -0.1) is 0 Å². The average molecular weight is 234 g/mol. The summed E-state index contributed by atoms with van der Waals surface area (Å²) >= 11 is 0. The Balaban J connectivity index is 2.00. The van der Waals surface area contributed by atoms with Gasteiger partial charge in [0.25, 0.3) is 0 Å². The molecule has 2 heterocycles. The van der Waals surface area contributed by atoms with Crippen LogP contribution in [0.1, 0.15) is 19.8 Å². The highest BCUT2D eigenvalue weighted by Gasteiger charge is 2.50. The summed E-state index contributed by atoms with van der Waals surface area (Å²) in [6.45, 7) is 1.81. The Morgan fingerprint density at radius 3 is 2.82 bits per heavy atom. The van der Waals surface area contributed by atoms with E-state index in [2.05, 4.69) is 0 Å². The van der Waals surface area contributed by atoms with Crippen molar-refractivity contribution in [2.75, 3.05) is 7.11 Å². The Hall–Kier alpha value is -1.42. The zero-order valence-corrected chi connectivity index (χ0v) is 9.86. The maximum atomic E-state index is 12.1. The second kappa shape index (κ2) is 3.29. The van der Waals surface area contributed by atoms with Gasteiger partial charge in [-0.2, -0.15) is 0 Å². The number of hydrogen-bond donors (Lipinski definition) is 0. The Morgan fingerprint density at radius 1 is 1.53 bits per heavy atom. The van der Waals surface area contributed by atoms with Gasteiger partial charge in [-0.3, -0.25) is 9.59 Å². The van der Waals surface area contributed by atoms with Crippen molar-refractivity contribution in [3.05, 3.63) is 23.5 Å². The number of rotatable bonds is 3. The molecular formula is C13H14O4. The minimum absolute atomic E-state index is 0.122. The van der Waals surface area contributed by atoms with Gasteiger partial charge in [-0.05, 0) is 31.9 Å². The molecule has 4 heteroatoms. The molecular weight excluding hydrogens is 220 g/mol. The van der Waals surface area contributed by atoms with Gasteiger partial charge in [-0.25, -0.2) is 0 Å². The highest BCUT2D eigenvalue weighted by atomic mass is 16.5. The average Bonchev–Trinajstić information content (AvgIpc) is 3.09. The van der Waals surface area contributed by atoms with Crippen LogP contribution in [-0.4, -0.2) is 30.4 Å². The van der Waals surface area contributed by atoms with Crippen LogP contribution in [0, 0.1) is 5.92 Å². The van der Waals surface area contributed by atoms with Gasteiger partial charge in [0, 0.05) is 11.5 Å². The van der Waals surface area contributed by atoms with Crippen molar-refractivity contribution in [1.29, 1.82) is 0 Å². The van der Waals surface area contributed by atoms with Crippen LogP contribution in [0.15, 0.2) is 23.5 Å². The van der Waals surface area contributed by atoms with Crippen LogP contribution in [0.5, 0.6) is 0 Å². The van der Waals surface area contributed by atoms with Gasteiger partial charge in [0.05, 0.1) is 7.11 Å². The van der Waals surface area contributed by atoms with Crippen LogP contribution in [0.3, 0.4) is 0 Å². The maximum Gasteiger partial charge on any atom is 0.229 e. The Bertz CT molecular complexity index is 470. The molecule has 0 aromatic heterocycles. The van der Waals surface area contributed by atoms with Crippen molar-refractivity contribution >= 4 is 11.6 Å². The smallest absolute Gasteiger partial charge is 0.229 e. The van der Waals surface area contributed by atoms with E-state index in [1.54, 1.807) is 12.2 Å². The number of fused-ring (bicyclic) bond motifs is 2. The lowest BCUT2D eigenvalue weighted by atomic mass is 9.91. The Kier molecular flexibility index (Phi) is 2.08. The van der Waals surface area contributed by atoms with Gasteiger partial charge in [0.15, 0.2) is 11.5 Å². The van der Waals surface area contributed by atoms with E-state index in [-0.39, 0.29) is 17.5 Å². The molecule has 3 aliphatic rings. The fraction of sp³-hybridized carbons (Fsp3) is 0.538. The molecule has 0 aromatic rings. The predicted octanol–water partition coefficient (Wildman–Crippen LogP) is 1.16. The summed E-state index contributed by atoms with van der Waals surface area (Å²) in [5, 5.41) is 0. The van der Waals surface area contributed by atoms with Crippen molar-refractivity contribution in [3.8, 4) is 0 Å². The van der Waals surface area contributed by atoms with E-state index in [0.29, 0.717) is 11.3 Å². The molecule has 0 N–H and O–H groups in total.